The van der Waals surface area contributed by atoms with Crippen LogP contribution in [0, 0.1) is 19.7 Å². The minimum Gasteiger partial charge on any atom is -0.344 e. The zero-order valence-corrected chi connectivity index (χ0v) is 16.7. The molecule has 0 aliphatic carbocycles. The highest BCUT2D eigenvalue weighted by Crippen LogP contribution is 2.26. The van der Waals surface area contributed by atoms with E-state index in [9.17, 15) is 14.0 Å². The van der Waals surface area contributed by atoms with E-state index in [0.717, 1.165) is 21.7 Å². The van der Waals surface area contributed by atoms with Crippen LogP contribution in [-0.2, 0) is 11.2 Å². The third kappa shape index (κ3) is 3.84. The molecular weight excluding hydrogens is 391 g/mol. The summed E-state index contributed by atoms with van der Waals surface area (Å²) in [5.41, 5.74) is 3.31. The van der Waals surface area contributed by atoms with Gasteiger partial charge in [0, 0.05) is 27.9 Å². The van der Waals surface area contributed by atoms with Crippen LogP contribution in [0.2, 0.25) is 0 Å². The number of thiophene rings is 1. The van der Waals surface area contributed by atoms with E-state index in [1.165, 1.54) is 29.5 Å². The predicted molar refractivity (Wildman–Crippen MR) is 110 cm³/mol. The number of aromatic nitrogens is 3. The van der Waals surface area contributed by atoms with Crippen LogP contribution in [0.4, 0.5) is 4.39 Å². The standard InChI is InChI=1S/C21H19FN4O2S/c1-12-16(13(2)26-18(23-12)11-20(28)25-26)10-19(27)24-21(17-4-3-9-29-17)14-5-7-15(22)8-6-14/h3-9,11,21H,10H2,1-2H3,(H,24,27)(H,25,28). The summed E-state index contributed by atoms with van der Waals surface area (Å²) < 4.78 is 14.9. The van der Waals surface area contributed by atoms with Gasteiger partial charge in [-0.2, -0.15) is 0 Å². The van der Waals surface area contributed by atoms with Crippen LogP contribution in [0.15, 0.2) is 52.6 Å². The Morgan fingerprint density at radius 2 is 2.03 bits per heavy atom. The number of aryl methyl sites for hydroxylation is 2. The molecule has 6 nitrogen and oxygen atoms in total. The number of nitrogens with zero attached hydrogens (tertiary/aromatic N) is 2. The van der Waals surface area contributed by atoms with E-state index in [-0.39, 0.29) is 29.7 Å². The van der Waals surface area contributed by atoms with Crippen molar-refractivity contribution < 1.29 is 9.18 Å². The first-order chi connectivity index (χ1) is 13.9. The van der Waals surface area contributed by atoms with Crippen molar-refractivity contribution >= 4 is 22.9 Å². The van der Waals surface area contributed by atoms with Crippen molar-refractivity contribution in [2.75, 3.05) is 0 Å². The Bertz CT molecular complexity index is 1230. The Kier molecular flexibility index (Phi) is 5.02. The van der Waals surface area contributed by atoms with Gasteiger partial charge in [0.1, 0.15) is 5.82 Å². The summed E-state index contributed by atoms with van der Waals surface area (Å²) in [5, 5.41) is 7.68. The summed E-state index contributed by atoms with van der Waals surface area (Å²) in [6.45, 7) is 3.67. The third-order valence-corrected chi connectivity index (χ3v) is 5.81. The van der Waals surface area contributed by atoms with Gasteiger partial charge in [0.2, 0.25) is 5.91 Å². The van der Waals surface area contributed by atoms with Crippen LogP contribution in [-0.4, -0.2) is 20.5 Å². The summed E-state index contributed by atoms with van der Waals surface area (Å²) in [5.74, 6) is -0.508. The molecule has 29 heavy (non-hydrogen) atoms. The number of hydrogen-bond donors (Lipinski definition) is 2. The number of amides is 1. The van der Waals surface area contributed by atoms with Crippen molar-refractivity contribution in [1.29, 1.82) is 0 Å². The first kappa shape index (κ1) is 19.1. The molecule has 0 aliphatic rings. The monoisotopic (exact) mass is 410 g/mol. The maximum atomic E-state index is 13.3. The van der Waals surface area contributed by atoms with Gasteiger partial charge >= 0.3 is 0 Å². The fourth-order valence-electron chi connectivity index (χ4n) is 3.41. The van der Waals surface area contributed by atoms with E-state index in [2.05, 4.69) is 15.4 Å². The second-order valence-electron chi connectivity index (χ2n) is 6.82. The van der Waals surface area contributed by atoms with E-state index in [1.54, 1.807) is 16.6 Å². The normalized spacial score (nSPS) is 12.2. The smallest absolute Gasteiger partial charge is 0.266 e. The molecule has 8 heteroatoms. The molecule has 1 atom stereocenters. The minimum absolute atomic E-state index is 0.115. The Balaban J connectivity index is 1.63. The van der Waals surface area contributed by atoms with Gasteiger partial charge in [-0.25, -0.2) is 13.9 Å². The molecule has 0 bridgehead atoms. The van der Waals surface area contributed by atoms with Gasteiger partial charge in [-0.1, -0.05) is 18.2 Å². The van der Waals surface area contributed by atoms with Crippen molar-refractivity contribution in [3.05, 3.63) is 91.4 Å². The number of carbonyl (C=O) groups is 1. The van der Waals surface area contributed by atoms with Crippen LogP contribution in [0.3, 0.4) is 0 Å². The number of carbonyl (C=O) groups excluding carboxylic acids is 1. The number of nitrogens with one attached hydrogen (secondary N) is 2. The molecule has 0 aliphatic heterocycles. The molecule has 0 radical (unpaired) electrons. The van der Waals surface area contributed by atoms with Gasteiger partial charge in [-0.15, -0.1) is 11.3 Å². The quantitative estimate of drug-likeness (QED) is 0.530. The van der Waals surface area contributed by atoms with Crippen LogP contribution in [0.25, 0.3) is 5.65 Å². The zero-order valence-electron chi connectivity index (χ0n) is 15.9. The fraction of sp³-hybridized carbons (Fsp3) is 0.190. The molecule has 148 valence electrons. The van der Waals surface area contributed by atoms with Crippen molar-refractivity contribution in [3.8, 4) is 0 Å². The van der Waals surface area contributed by atoms with Crippen molar-refractivity contribution in [2.45, 2.75) is 26.3 Å². The molecule has 4 rings (SSSR count). The van der Waals surface area contributed by atoms with Gasteiger partial charge in [0.25, 0.3) is 5.56 Å². The second-order valence-corrected chi connectivity index (χ2v) is 7.80. The van der Waals surface area contributed by atoms with Crippen molar-refractivity contribution in [1.82, 2.24) is 19.9 Å². The van der Waals surface area contributed by atoms with Crippen LogP contribution in [0.1, 0.15) is 33.4 Å². The molecule has 0 fully saturated rings. The number of H-pyrrole nitrogens is 1. The lowest BCUT2D eigenvalue weighted by molar-refractivity contribution is -0.120. The van der Waals surface area contributed by atoms with Crippen LogP contribution >= 0.6 is 11.3 Å². The largest absolute Gasteiger partial charge is 0.344 e. The summed E-state index contributed by atoms with van der Waals surface area (Å²) >= 11 is 1.52. The van der Waals surface area contributed by atoms with E-state index < -0.39 is 0 Å². The van der Waals surface area contributed by atoms with Crippen molar-refractivity contribution in [3.63, 3.8) is 0 Å². The molecule has 0 spiro atoms. The fourth-order valence-corrected chi connectivity index (χ4v) is 4.22. The first-order valence-corrected chi connectivity index (χ1v) is 9.96. The van der Waals surface area contributed by atoms with Gasteiger partial charge in [0.15, 0.2) is 5.65 Å². The van der Waals surface area contributed by atoms with Crippen molar-refractivity contribution in [2.24, 2.45) is 0 Å². The molecule has 0 saturated carbocycles. The number of rotatable bonds is 5. The molecular formula is C21H19FN4O2S. The van der Waals surface area contributed by atoms with Gasteiger partial charge in [-0.3, -0.25) is 14.7 Å². The molecule has 3 aromatic heterocycles. The highest BCUT2D eigenvalue weighted by Gasteiger charge is 2.20. The van der Waals surface area contributed by atoms with E-state index >= 15 is 0 Å². The Morgan fingerprint density at radius 3 is 2.72 bits per heavy atom. The number of hydrogen-bond acceptors (Lipinski definition) is 4. The Labute approximate surface area is 170 Å². The highest BCUT2D eigenvalue weighted by atomic mass is 32.1. The van der Waals surface area contributed by atoms with Gasteiger partial charge in [-0.05, 0) is 43.0 Å². The van der Waals surface area contributed by atoms with E-state index in [4.69, 9.17) is 0 Å². The molecule has 1 aromatic carbocycles. The zero-order chi connectivity index (χ0) is 20.5. The predicted octanol–water partition coefficient (Wildman–Crippen LogP) is 3.29. The van der Waals surface area contributed by atoms with Crippen LogP contribution < -0.4 is 10.9 Å². The van der Waals surface area contributed by atoms with Gasteiger partial charge < -0.3 is 5.32 Å². The number of halogens is 1. The maximum absolute atomic E-state index is 13.3. The molecule has 0 saturated heterocycles. The number of benzene rings is 1. The Morgan fingerprint density at radius 1 is 1.28 bits per heavy atom. The Hall–Kier alpha value is -3.26. The summed E-state index contributed by atoms with van der Waals surface area (Å²) in [6.07, 6.45) is 0.115. The molecule has 2 N–H and O–H groups in total. The lowest BCUT2D eigenvalue weighted by Gasteiger charge is -2.19. The maximum Gasteiger partial charge on any atom is 0.266 e. The first-order valence-electron chi connectivity index (χ1n) is 9.08. The summed E-state index contributed by atoms with van der Waals surface area (Å²) in [4.78, 5) is 29.9. The van der Waals surface area contributed by atoms with E-state index in [1.807, 2.05) is 31.4 Å². The topological polar surface area (TPSA) is 79.3 Å². The minimum atomic E-state index is -0.369. The molecule has 1 amide bonds. The lowest BCUT2D eigenvalue weighted by atomic mass is 10.0. The number of aromatic amines is 1. The summed E-state index contributed by atoms with van der Waals surface area (Å²) in [7, 11) is 0. The van der Waals surface area contributed by atoms with Gasteiger partial charge in [0.05, 0.1) is 12.5 Å². The second kappa shape index (κ2) is 7.63. The molecule has 1 unspecified atom stereocenters. The SMILES string of the molecule is Cc1nc2cc(=O)[nH]n2c(C)c1CC(=O)NC(c1ccc(F)cc1)c1cccs1. The van der Waals surface area contributed by atoms with E-state index in [0.29, 0.717) is 11.3 Å². The molecule has 4 aromatic rings. The highest BCUT2D eigenvalue weighted by molar-refractivity contribution is 7.10. The lowest BCUT2D eigenvalue weighted by Crippen LogP contribution is -2.31. The number of fused-ring (bicyclic) bond motifs is 1. The average Bonchev–Trinajstić information content (AvgIpc) is 3.33. The van der Waals surface area contributed by atoms with Crippen LogP contribution in [0.5, 0.6) is 0 Å². The summed E-state index contributed by atoms with van der Waals surface area (Å²) in [6, 6.07) is 11.0. The third-order valence-electron chi connectivity index (χ3n) is 4.88. The average molecular weight is 410 g/mol. The molecule has 3 heterocycles.